The van der Waals surface area contributed by atoms with Gasteiger partial charge in [0.25, 0.3) is 5.69 Å². The molecule has 0 aliphatic rings. The molecule has 0 radical (unpaired) electrons. The normalized spacial score (nSPS) is 11.9. The number of fused-ring (bicyclic) bond motifs is 1. The molecule has 1 aromatic heterocycles. The van der Waals surface area contributed by atoms with Crippen molar-refractivity contribution < 1.29 is 9.66 Å². The summed E-state index contributed by atoms with van der Waals surface area (Å²) in [5.41, 5.74) is 1.26. The van der Waals surface area contributed by atoms with Crippen LogP contribution in [0.1, 0.15) is 0 Å². The first-order valence-electron chi connectivity index (χ1n) is 6.42. The van der Waals surface area contributed by atoms with Crippen LogP contribution in [0, 0.1) is 10.1 Å². The topological polar surface area (TPSA) is 83.1 Å². The lowest BCUT2D eigenvalue weighted by molar-refractivity contribution is -0.384. The molecule has 2 aromatic rings. The minimum Gasteiger partial charge on any atom is -0.359 e. The van der Waals surface area contributed by atoms with Gasteiger partial charge in [-0.15, -0.1) is 5.10 Å². The monoisotopic (exact) mass is 294 g/mol. The molecule has 0 aliphatic heterocycles. The Morgan fingerprint density at radius 2 is 2.15 bits per heavy atom. The third kappa shape index (κ3) is 3.61. The molecular weight excluding hydrogens is 276 g/mol. The van der Waals surface area contributed by atoms with Gasteiger partial charge in [-0.05, 0) is 12.1 Å². The van der Waals surface area contributed by atoms with E-state index in [0.29, 0.717) is 18.9 Å². The van der Waals surface area contributed by atoms with Gasteiger partial charge in [0.1, 0.15) is 12.2 Å². The standard InChI is InChI=1S/C12H18N4O3Si/c1-20(2,3)7-6-19-9-15-12-5-4-10(16(17)18)8-11(12)13-14-15/h4-5,8H,6-7,9H2,1-3H3. The Bertz CT molecular complexity index is 621. The highest BCUT2D eigenvalue weighted by Crippen LogP contribution is 2.18. The van der Waals surface area contributed by atoms with E-state index in [9.17, 15) is 10.1 Å². The largest absolute Gasteiger partial charge is 0.359 e. The van der Waals surface area contributed by atoms with Crippen LogP contribution < -0.4 is 0 Å². The van der Waals surface area contributed by atoms with Gasteiger partial charge in [0.2, 0.25) is 0 Å². The summed E-state index contributed by atoms with van der Waals surface area (Å²) in [5.74, 6) is 0. The molecule has 7 nitrogen and oxygen atoms in total. The average Bonchev–Trinajstić information content (AvgIpc) is 2.76. The molecule has 0 spiro atoms. The summed E-state index contributed by atoms with van der Waals surface area (Å²) in [4.78, 5) is 10.2. The van der Waals surface area contributed by atoms with E-state index in [2.05, 4.69) is 30.0 Å². The predicted octanol–water partition coefficient (Wildman–Crippen LogP) is 2.65. The number of benzene rings is 1. The Labute approximate surface area is 117 Å². The maximum atomic E-state index is 10.7. The van der Waals surface area contributed by atoms with Crippen molar-refractivity contribution >= 4 is 24.8 Å². The van der Waals surface area contributed by atoms with Crippen molar-refractivity contribution in [2.75, 3.05) is 6.61 Å². The first-order valence-corrected chi connectivity index (χ1v) is 10.1. The summed E-state index contributed by atoms with van der Waals surface area (Å²) in [5, 5.41) is 18.6. The molecule has 0 atom stereocenters. The van der Waals surface area contributed by atoms with Gasteiger partial charge in [0.05, 0.1) is 10.4 Å². The number of hydrogen-bond donors (Lipinski definition) is 0. The highest BCUT2D eigenvalue weighted by atomic mass is 28.3. The Hall–Kier alpha value is -1.80. The van der Waals surface area contributed by atoms with E-state index in [1.165, 1.54) is 12.1 Å². The Balaban J connectivity index is 2.03. The fourth-order valence-electron chi connectivity index (χ4n) is 1.70. The molecule has 8 heteroatoms. The van der Waals surface area contributed by atoms with Crippen LogP contribution in [0.25, 0.3) is 11.0 Å². The molecule has 1 aromatic carbocycles. The van der Waals surface area contributed by atoms with Crippen LogP contribution in [0.3, 0.4) is 0 Å². The Kier molecular flexibility index (Phi) is 4.14. The number of rotatable bonds is 6. The van der Waals surface area contributed by atoms with Gasteiger partial charge in [-0.1, -0.05) is 24.9 Å². The maximum absolute atomic E-state index is 10.7. The van der Waals surface area contributed by atoms with Crippen LogP contribution in [0.5, 0.6) is 0 Å². The van der Waals surface area contributed by atoms with Crippen molar-refractivity contribution in [3.63, 3.8) is 0 Å². The lowest BCUT2D eigenvalue weighted by Gasteiger charge is -2.15. The molecule has 0 bridgehead atoms. The summed E-state index contributed by atoms with van der Waals surface area (Å²) in [7, 11) is -1.10. The fourth-order valence-corrected chi connectivity index (χ4v) is 2.46. The van der Waals surface area contributed by atoms with Gasteiger partial charge in [0, 0.05) is 26.8 Å². The van der Waals surface area contributed by atoms with Crippen LogP contribution in [0.15, 0.2) is 18.2 Å². The minimum atomic E-state index is -1.10. The van der Waals surface area contributed by atoms with Gasteiger partial charge in [-0.25, -0.2) is 4.68 Å². The third-order valence-corrected chi connectivity index (χ3v) is 4.62. The molecule has 1 heterocycles. The van der Waals surface area contributed by atoms with E-state index in [1.54, 1.807) is 10.7 Å². The minimum absolute atomic E-state index is 0.0178. The zero-order chi connectivity index (χ0) is 14.8. The number of nitro groups is 1. The Morgan fingerprint density at radius 3 is 2.80 bits per heavy atom. The van der Waals surface area contributed by atoms with E-state index in [1.807, 2.05) is 0 Å². The van der Waals surface area contributed by atoms with Gasteiger partial charge in [-0.3, -0.25) is 10.1 Å². The molecule has 108 valence electrons. The number of aromatic nitrogens is 3. The van der Waals surface area contributed by atoms with Crippen molar-refractivity contribution in [2.24, 2.45) is 0 Å². The zero-order valence-electron chi connectivity index (χ0n) is 11.9. The van der Waals surface area contributed by atoms with Gasteiger partial charge in [-0.2, -0.15) is 0 Å². The van der Waals surface area contributed by atoms with E-state index < -0.39 is 13.0 Å². The lowest BCUT2D eigenvalue weighted by atomic mass is 10.3. The van der Waals surface area contributed by atoms with Crippen molar-refractivity contribution in [1.29, 1.82) is 0 Å². The third-order valence-electron chi connectivity index (χ3n) is 2.92. The van der Waals surface area contributed by atoms with Crippen LogP contribution in [-0.2, 0) is 11.5 Å². The summed E-state index contributed by atoms with van der Waals surface area (Å²) in [6, 6.07) is 5.60. The molecule has 20 heavy (non-hydrogen) atoms. The molecule has 0 saturated carbocycles. The van der Waals surface area contributed by atoms with Gasteiger partial charge in [0.15, 0.2) is 0 Å². The second-order valence-electron chi connectivity index (χ2n) is 5.87. The van der Waals surface area contributed by atoms with E-state index in [0.717, 1.165) is 11.6 Å². The zero-order valence-corrected chi connectivity index (χ0v) is 12.9. The van der Waals surface area contributed by atoms with E-state index >= 15 is 0 Å². The van der Waals surface area contributed by atoms with E-state index in [4.69, 9.17) is 4.74 Å². The summed E-state index contributed by atoms with van der Waals surface area (Å²) in [6.07, 6.45) is 0. The number of non-ortho nitro benzene ring substituents is 1. The molecule has 0 fully saturated rings. The van der Waals surface area contributed by atoms with Crippen molar-refractivity contribution in [3.05, 3.63) is 28.3 Å². The molecule has 0 aliphatic carbocycles. The number of nitrogens with zero attached hydrogens (tertiary/aromatic N) is 4. The van der Waals surface area contributed by atoms with Crippen molar-refractivity contribution in [3.8, 4) is 0 Å². The molecule has 0 amide bonds. The summed E-state index contributed by atoms with van der Waals surface area (Å²) in [6.45, 7) is 7.89. The molecule has 0 N–H and O–H groups in total. The second-order valence-corrected chi connectivity index (χ2v) is 11.5. The molecule has 0 unspecified atom stereocenters. The van der Waals surface area contributed by atoms with Gasteiger partial charge >= 0.3 is 0 Å². The van der Waals surface area contributed by atoms with Crippen LogP contribution >= 0.6 is 0 Å². The average molecular weight is 294 g/mol. The number of ether oxygens (including phenoxy) is 1. The molecular formula is C12H18N4O3Si. The fraction of sp³-hybridized carbons (Fsp3) is 0.500. The first kappa shape index (κ1) is 14.6. The molecule has 0 saturated heterocycles. The quantitative estimate of drug-likeness (QED) is 0.354. The highest BCUT2D eigenvalue weighted by molar-refractivity contribution is 6.76. The van der Waals surface area contributed by atoms with Gasteiger partial charge < -0.3 is 4.74 Å². The first-order chi connectivity index (χ1) is 9.37. The maximum Gasteiger partial charge on any atom is 0.271 e. The molecule has 2 rings (SSSR count). The van der Waals surface area contributed by atoms with Crippen molar-refractivity contribution in [1.82, 2.24) is 15.0 Å². The Morgan fingerprint density at radius 1 is 1.40 bits per heavy atom. The second kappa shape index (κ2) is 5.67. The number of nitro benzene ring substituents is 1. The van der Waals surface area contributed by atoms with E-state index in [-0.39, 0.29) is 5.69 Å². The number of hydrogen-bond acceptors (Lipinski definition) is 5. The van der Waals surface area contributed by atoms with Crippen molar-refractivity contribution in [2.45, 2.75) is 32.4 Å². The smallest absolute Gasteiger partial charge is 0.271 e. The van der Waals surface area contributed by atoms with Crippen LogP contribution in [-0.4, -0.2) is 34.6 Å². The predicted molar refractivity (Wildman–Crippen MR) is 78.3 cm³/mol. The summed E-state index contributed by atoms with van der Waals surface area (Å²) < 4.78 is 7.22. The van der Waals surface area contributed by atoms with Crippen LogP contribution in [0.4, 0.5) is 5.69 Å². The van der Waals surface area contributed by atoms with Crippen LogP contribution in [0.2, 0.25) is 25.7 Å². The summed E-state index contributed by atoms with van der Waals surface area (Å²) >= 11 is 0. The SMILES string of the molecule is C[Si](C)(C)CCOCn1nnc2cc([N+](=O)[O-])ccc21. The lowest BCUT2D eigenvalue weighted by Crippen LogP contribution is -2.22. The highest BCUT2D eigenvalue weighted by Gasteiger charge is 2.13.